The van der Waals surface area contributed by atoms with Gasteiger partial charge in [0.1, 0.15) is 5.78 Å². The smallest absolute Gasteiger partial charge is 0.137 e. The number of anilines is 1. The average Bonchev–Trinajstić information content (AvgIpc) is 2.69. The molecule has 0 saturated heterocycles. The molecule has 0 bridgehead atoms. The molecule has 1 aromatic carbocycles. The van der Waals surface area contributed by atoms with Crippen LogP contribution in [0.3, 0.4) is 0 Å². The molecule has 0 amide bonds. The summed E-state index contributed by atoms with van der Waals surface area (Å²) in [5, 5.41) is 0. The van der Waals surface area contributed by atoms with Gasteiger partial charge in [-0.15, -0.1) is 0 Å². The minimum atomic E-state index is 0.245. The molecule has 2 nitrogen and oxygen atoms in total. The SMILES string of the molecule is CCCCN(CC1CCCCCC1=O)c1ccccc1. The van der Waals surface area contributed by atoms with Gasteiger partial charge in [-0.1, -0.05) is 44.4 Å². The van der Waals surface area contributed by atoms with Crippen LogP contribution in [0.5, 0.6) is 0 Å². The van der Waals surface area contributed by atoms with Crippen molar-refractivity contribution in [2.45, 2.75) is 51.9 Å². The maximum absolute atomic E-state index is 12.2. The number of nitrogens with zero attached hydrogens (tertiary/aromatic N) is 1. The maximum Gasteiger partial charge on any atom is 0.137 e. The first-order valence-corrected chi connectivity index (χ1v) is 8.14. The van der Waals surface area contributed by atoms with Crippen molar-refractivity contribution in [3.8, 4) is 0 Å². The molecule has 1 aliphatic rings. The molecule has 2 heteroatoms. The molecule has 1 saturated carbocycles. The van der Waals surface area contributed by atoms with Crippen LogP contribution in [-0.2, 0) is 4.79 Å². The average molecular weight is 273 g/mol. The van der Waals surface area contributed by atoms with E-state index in [1.165, 1.54) is 31.4 Å². The van der Waals surface area contributed by atoms with Crippen LogP contribution in [0.25, 0.3) is 0 Å². The summed E-state index contributed by atoms with van der Waals surface area (Å²) in [5.74, 6) is 0.731. The lowest BCUT2D eigenvalue weighted by Gasteiger charge is -2.28. The summed E-state index contributed by atoms with van der Waals surface area (Å²) in [6.45, 7) is 4.19. The molecule has 1 fully saturated rings. The Hall–Kier alpha value is -1.31. The lowest BCUT2D eigenvalue weighted by molar-refractivity contribution is -0.122. The van der Waals surface area contributed by atoms with E-state index in [1.807, 2.05) is 0 Å². The van der Waals surface area contributed by atoms with Crippen LogP contribution < -0.4 is 4.90 Å². The van der Waals surface area contributed by atoms with Gasteiger partial charge in [0, 0.05) is 31.1 Å². The zero-order chi connectivity index (χ0) is 14.2. The molecule has 110 valence electrons. The van der Waals surface area contributed by atoms with Gasteiger partial charge in [0.15, 0.2) is 0 Å². The molecule has 20 heavy (non-hydrogen) atoms. The number of Topliss-reactive ketones (excluding diaryl/α,β-unsaturated/α-hetero) is 1. The number of benzene rings is 1. The van der Waals surface area contributed by atoms with E-state index in [0.29, 0.717) is 5.78 Å². The molecule has 0 heterocycles. The van der Waals surface area contributed by atoms with Crippen molar-refractivity contribution >= 4 is 11.5 Å². The van der Waals surface area contributed by atoms with Gasteiger partial charge in [0.2, 0.25) is 0 Å². The summed E-state index contributed by atoms with van der Waals surface area (Å²) in [5.41, 5.74) is 1.26. The molecule has 0 aliphatic heterocycles. The van der Waals surface area contributed by atoms with Crippen molar-refractivity contribution in [1.82, 2.24) is 0 Å². The Labute approximate surface area is 123 Å². The van der Waals surface area contributed by atoms with Crippen LogP contribution in [-0.4, -0.2) is 18.9 Å². The lowest BCUT2D eigenvalue weighted by atomic mass is 9.98. The molecular formula is C18H27NO. The van der Waals surface area contributed by atoms with Crippen LogP contribution in [0.2, 0.25) is 0 Å². The number of hydrogen-bond donors (Lipinski definition) is 0. The quantitative estimate of drug-likeness (QED) is 0.714. The Morgan fingerprint density at radius 1 is 1.15 bits per heavy atom. The lowest BCUT2D eigenvalue weighted by Crippen LogP contribution is -2.33. The Kier molecular flexibility index (Phi) is 6.10. The van der Waals surface area contributed by atoms with Gasteiger partial charge < -0.3 is 4.90 Å². The fraction of sp³-hybridized carbons (Fsp3) is 0.611. The van der Waals surface area contributed by atoms with E-state index in [-0.39, 0.29) is 5.92 Å². The van der Waals surface area contributed by atoms with Gasteiger partial charge in [-0.25, -0.2) is 0 Å². The fourth-order valence-electron chi connectivity index (χ4n) is 3.00. The largest absolute Gasteiger partial charge is 0.371 e. The zero-order valence-corrected chi connectivity index (χ0v) is 12.7. The third-order valence-corrected chi connectivity index (χ3v) is 4.27. The summed E-state index contributed by atoms with van der Waals surface area (Å²) in [6, 6.07) is 10.6. The number of rotatable bonds is 6. The van der Waals surface area contributed by atoms with E-state index >= 15 is 0 Å². The highest BCUT2D eigenvalue weighted by atomic mass is 16.1. The van der Waals surface area contributed by atoms with Gasteiger partial charge in [0.25, 0.3) is 0 Å². The second-order valence-electron chi connectivity index (χ2n) is 5.90. The summed E-state index contributed by atoms with van der Waals surface area (Å²) >= 11 is 0. The Balaban J connectivity index is 2.04. The first-order valence-electron chi connectivity index (χ1n) is 8.14. The summed E-state index contributed by atoms with van der Waals surface area (Å²) in [6.07, 6.45) is 7.79. The van der Waals surface area contributed by atoms with E-state index in [1.54, 1.807) is 0 Å². The van der Waals surface area contributed by atoms with E-state index in [2.05, 4.69) is 42.2 Å². The van der Waals surface area contributed by atoms with Crippen LogP contribution in [0.4, 0.5) is 5.69 Å². The molecule has 0 spiro atoms. The molecule has 2 rings (SSSR count). The summed E-state index contributed by atoms with van der Waals surface area (Å²) in [4.78, 5) is 14.6. The predicted molar refractivity (Wildman–Crippen MR) is 85.1 cm³/mol. The van der Waals surface area contributed by atoms with Crippen LogP contribution in [0, 0.1) is 5.92 Å². The van der Waals surface area contributed by atoms with Gasteiger partial charge >= 0.3 is 0 Å². The summed E-state index contributed by atoms with van der Waals surface area (Å²) in [7, 11) is 0. The fourth-order valence-corrected chi connectivity index (χ4v) is 3.00. The van der Waals surface area contributed by atoms with Gasteiger partial charge in [-0.2, -0.15) is 0 Å². The van der Waals surface area contributed by atoms with Crippen molar-refractivity contribution in [3.63, 3.8) is 0 Å². The molecule has 1 atom stereocenters. The third-order valence-electron chi connectivity index (χ3n) is 4.27. The van der Waals surface area contributed by atoms with Crippen LogP contribution in [0.1, 0.15) is 51.9 Å². The number of hydrogen-bond acceptors (Lipinski definition) is 2. The Morgan fingerprint density at radius 3 is 2.70 bits per heavy atom. The number of ketones is 1. The van der Waals surface area contributed by atoms with Gasteiger partial charge in [0.05, 0.1) is 0 Å². The zero-order valence-electron chi connectivity index (χ0n) is 12.7. The predicted octanol–water partition coefficient (Wildman–Crippen LogP) is 4.44. The van der Waals surface area contributed by atoms with E-state index in [9.17, 15) is 4.79 Å². The molecule has 0 radical (unpaired) electrons. The monoisotopic (exact) mass is 273 g/mol. The van der Waals surface area contributed by atoms with Crippen molar-refractivity contribution in [3.05, 3.63) is 30.3 Å². The first kappa shape index (κ1) is 15.1. The number of unbranched alkanes of at least 4 members (excludes halogenated alkanes) is 1. The Morgan fingerprint density at radius 2 is 1.95 bits per heavy atom. The summed E-state index contributed by atoms with van der Waals surface area (Å²) < 4.78 is 0. The second kappa shape index (κ2) is 8.08. The topological polar surface area (TPSA) is 20.3 Å². The third kappa shape index (κ3) is 4.36. The van der Waals surface area contributed by atoms with E-state index < -0.39 is 0 Å². The second-order valence-corrected chi connectivity index (χ2v) is 5.90. The van der Waals surface area contributed by atoms with Crippen molar-refractivity contribution in [1.29, 1.82) is 0 Å². The minimum Gasteiger partial charge on any atom is -0.371 e. The van der Waals surface area contributed by atoms with Crippen molar-refractivity contribution in [2.75, 3.05) is 18.0 Å². The molecule has 0 N–H and O–H groups in total. The highest BCUT2D eigenvalue weighted by Crippen LogP contribution is 2.24. The number of carbonyl (C=O) groups is 1. The highest BCUT2D eigenvalue weighted by molar-refractivity contribution is 5.81. The van der Waals surface area contributed by atoms with E-state index in [0.717, 1.165) is 32.4 Å². The maximum atomic E-state index is 12.2. The van der Waals surface area contributed by atoms with Gasteiger partial charge in [-0.05, 0) is 31.4 Å². The highest BCUT2D eigenvalue weighted by Gasteiger charge is 2.23. The van der Waals surface area contributed by atoms with Crippen molar-refractivity contribution in [2.24, 2.45) is 5.92 Å². The van der Waals surface area contributed by atoms with E-state index in [4.69, 9.17) is 0 Å². The number of carbonyl (C=O) groups excluding carboxylic acids is 1. The molecule has 1 aromatic rings. The van der Waals surface area contributed by atoms with Crippen LogP contribution >= 0.6 is 0 Å². The number of para-hydroxylation sites is 1. The van der Waals surface area contributed by atoms with Gasteiger partial charge in [-0.3, -0.25) is 4.79 Å². The normalized spacial score (nSPS) is 19.6. The van der Waals surface area contributed by atoms with Crippen molar-refractivity contribution < 1.29 is 4.79 Å². The minimum absolute atomic E-state index is 0.245. The molecule has 1 unspecified atom stereocenters. The molecule has 0 aromatic heterocycles. The molecular weight excluding hydrogens is 246 g/mol. The molecule has 1 aliphatic carbocycles. The standard InChI is InChI=1S/C18H27NO/c1-2-3-14-19(17-11-7-5-8-12-17)15-16-10-6-4-9-13-18(16)20/h5,7-8,11-12,16H,2-4,6,9-10,13-15H2,1H3. The first-order chi connectivity index (χ1) is 9.81. The Bertz CT molecular complexity index is 401. The van der Waals surface area contributed by atoms with Crippen LogP contribution in [0.15, 0.2) is 30.3 Å².